The van der Waals surface area contributed by atoms with Gasteiger partial charge in [-0.15, -0.1) is 0 Å². The van der Waals surface area contributed by atoms with E-state index in [1.807, 2.05) is 25.1 Å². The van der Waals surface area contributed by atoms with Crippen LogP contribution in [0.3, 0.4) is 0 Å². The van der Waals surface area contributed by atoms with Gasteiger partial charge < -0.3 is 0 Å². The van der Waals surface area contributed by atoms with E-state index in [-0.39, 0.29) is 5.82 Å². The number of hydrogen-bond acceptors (Lipinski definition) is 3. The van der Waals surface area contributed by atoms with Crippen molar-refractivity contribution in [2.75, 3.05) is 0 Å². The van der Waals surface area contributed by atoms with Crippen molar-refractivity contribution in [2.24, 2.45) is 0 Å². The highest BCUT2D eigenvalue weighted by Crippen LogP contribution is 2.42. The molecule has 0 unspecified atom stereocenters. The molecule has 5 heteroatoms. The van der Waals surface area contributed by atoms with Crippen LogP contribution in [-0.2, 0) is 0 Å². The van der Waals surface area contributed by atoms with Crippen molar-refractivity contribution in [2.45, 2.75) is 25.7 Å². The number of aryl methyl sites for hydroxylation is 1. The summed E-state index contributed by atoms with van der Waals surface area (Å²) in [5.41, 5.74) is 5.14. The fourth-order valence-corrected chi connectivity index (χ4v) is 3.10. The Bertz CT molecular complexity index is 922. The zero-order valence-electron chi connectivity index (χ0n) is 13.1. The number of hydrogen-bond donors (Lipinski definition) is 0. The number of rotatable bonds is 3. The quantitative estimate of drug-likeness (QED) is 0.617. The summed E-state index contributed by atoms with van der Waals surface area (Å²) in [5.74, 6) is 0.186. The molecule has 0 radical (unpaired) electrons. The Morgan fingerprint density at radius 3 is 2.67 bits per heavy atom. The Hall–Kier alpha value is -2.33. The van der Waals surface area contributed by atoms with E-state index in [2.05, 4.69) is 15.2 Å². The first-order valence-electron chi connectivity index (χ1n) is 7.88. The van der Waals surface area contributed by atoms with Crippen LogP contribution in [0.4, 0.5) is 4.39 Å². The molecule has 1 aromatic carbocycles. The predicted molar refractivity (Wildman–Crippen MR) is 92.4 cm³/mol. The van der Waals surface area contributed by atoms with Gasteiger partial charge in [-0.2, -0.15) is 10.2 Å². The number of aromatic nitrogens is 3. The molecule has 120 valence electrons. The van der Waals surface area contributed by atoms with Gasteiger partial charge in [-0.3, -0.25) is 0 Å². The normalized spacial score (nSPS) is 14.0. The Morgan fingerprint density at radius 2 is 1.92 bits per heavy atom. The van der Waals surface area contributed by atoms with Gasteiger partial charge >= 0.3 is 0 Å². The monoisotopic (exact) mass is 339 g/mol. The van der Waals surface area contributed by atoms with Gasteiger partial charge in [0.15, 0.2) is 0 Å². The van der Waals surface area contributed by atoms with Crippen molar-refractivity contribution in [1.29, 1.82) is 0 Å². The third kappa shape index (κ3) is 2.89. The van der Waals surface area contributed by atoms with Crippen LogP contribution in [0, 0.1) is 12.7 Å². The standard InChI is InChI=1S/C19H15ClFN3/c1-11-6-7-22-24-19(11)16-10-14(21)4-5-15(16)13-8-17(12-2-3-12)23-18(20)9-13/h4-10,12H,2-3H2,1H3. The average Bonchev–Trinajstić information content (AvgIpc) is 3.39. The lowest BCUT2D eigenvalue weighted by atomic mass is 9.95. The van der Waals surface area contributed by atoms with Gasteiger partial charge in [0.05, 0.1) is 5.69 Å². The minimum absolute atomic E-state index is 0.304. The third-order valence-corrected chi connectivity index (χ3v) is 4.47. The molecule has 1 fully saturated rings. The van der Waals surface area contributed by atoms with Crippen LogP contribution < -0.4 is 0 Å². The van der Waals surface area contributed by atoms with E-state index in [1.54, 1.807) is 12.3 Å². The molecule has 4 rings (SSSR count). The van der Waals surface area contributed by atoms with Gasteiger partial charge in [-0.25, -0.2) is 9.37 Å². The fraction of sp³-hybridized carbons (Fsp3) is 0.211. The first kappa shape index (κ1) is 15.2. The molecular formula is C19H15ClFN3. The van der Waals surface area contributed by atoms with Crippen molar-refractivity contribution in [1.82, 2.24) is 15.2 Å². The van der Waals surface area contributed by atoms with E-state index in [4.69, 9.17) is 11.6 Å². The summed E-state index contributed by atoms with van der Waals surface area (Å²) in [5, 5.41) is 8.61. The molecule has 2 heterocycles. The largest absolute Gasteiger partial charge is 0.241 e. The summed E-state index contributed by atoms with van der Waals surface area (Å²) in [7, 11) is 0. The lowest BCUT2D eigenvalue weighted by Crippen LogP contribution is -1.96. The highest BCUT2D eigenvalue weighted by atomic mass is 35.5. The van der Waals surface area contributed by atoms with Crippen LogP contribution in [0.5, 0.6) is 0 Å². The molecule has 0 N–H and O–H groups in total. The van der Waals surface area contributed by atoms with E-state index in [9.17, 15) is 4.39 Å². The molecule has 1 saturated carbocycles. The van der Waals surface area contributed by atoms with Crippen LogP contribution >= 0.6 is 11.6 Å². The summed E-state index contributed by atoms with van der Waals surface area (Å²) in [6.45, 7) is 1.94. The minimum atomic E-state index is -0.304. The van der Waals surface area contributed by atoms with E-state index >= 15 is 0 Å². The Balaban J connectivity index is 1.92. The highest BCUT2D eigenvalue weighted by molar-refractivity contribution is 6.29. The molecule has 0 aliphatic heterocycles. The SMILES string of the molecule is Cc1ccnnc1-c1cc(F)ccc1-c1cc(Cl)nc(C2CC2)c1. The molecule has 2 aromatic heterocycles. The van der Waals surface area contributed by atoms with Gasteiger partial charge in [0.1, 0.15) is 11.0 Å². The molecule has 1 aliphatic rings. The minimum Gasteiger partial charge on any atom is -0.241 e. The molecule has 0 amide bonds. The van der Waals surface area contributed by atoms with E-state index < -0.39 is 0 Å². The second-order valence-electron chi connectivity index (χ2n) is 6.13. The van der Waals surface area contributed by atoms with E-state index in [0.717, 1.165) is 35.2 Å². The first-order chi connectivity index (χ1) is 11.6. The summed E-state index contributed by atoms with van der Waals surface area (Å²) < 4.78 is 13.9. The van der Waals surface area contributed by atoms with Crippen LogP contribution in [0.2, 0.25) is 5.15 Å². The zero-order valence-corrected chi connectivity index (χ0v) is 13.9. The van der Waals surface area contributed by atoms with Crippen LogP contribution in [0.25, 0.3) is 22.4 Å². The van der Waals surface area contributed by atoms with Gasteiger partial charge in [0.25, 0.3) is 0 Å². The van der Waals surface area contributed by atoms with Crippen LogP contribution in [0.15, 0.2) is 42.6 Å². The fourth-order valence-electron chi connectivity index (χ4n) is 2.89. The molecular weight excluding hydrogens is 325 g/mol. The van der Waals surface area contributed by atoms with Gasteiger partial charge in [0.2, 0.25) is 0 Å². The second-order valence-corrected chi connectivity index (χ2v) is 6.52. The van der Waals surface area contributed by atoms with Crippen molar-refractivity contribution in [3.8, 4) is 22.4 Å². The molecule has 24 heavy (non-hydrogen) atoms. The van der Waals surface area contributed by atoms with Crippen molar-refractivity contribution in [3.63, 3.8) is 0 Å². The molecule has 0 saturated heterocycles. The number of pyridine rings is 1. The number of benzene rings is 1. The van der Waals surface area contributed by atoms with Crippen molar-refractivity contribution in [3.05, 3.63) is 64.8 Å². The molecule has 0 spiro atoms. The summed E-state index contributed by atoms with van der Waals surface area (Å²) in [4.78, 5) is 4.42. The summed E-state index contributed by atoms with van der Waals surface area (Å²) in [6, 6.07) is 10.4. The third-order valence-electron chi connectivity index (χ3n) is 4.28. The highest BCUT2D eigenvalue weighted by Gasteiger charge is 2.26. The maximum atomic E-state index is 13.9. The molecule has 3 aromatic rings. The molecule has 0 atom stereocenters. The maximum Gasteiger partial charge on any atom is 0.129 e. The Morgan fingerprint density at radius 1 is 1.08 bits per heavy atom. The number of nitrogens with zero attached hydrogens (tertiary/aromatic N) is 3. The van der Waals surface area contributed by atoms with E-state index in [1.165, 1.54) is 12.1 Å². The Kier molecular flexibility index (Phi) is 3.77. The molecule has 3 nitrogen and oxygen atoms in total. The maximum absolute atomic E-state index is 13.9. The smallest absolute Gasteiger partial charge is 0.129 e. The summed E-state index contributed by atoms with van der Waals surface area (Å²) in [6.07, 6.45) is 3.92. The topological polar surface area (TPSA) is 38.7 Å². The van der Waals surface area contributed by atoms with Gasteiger partial charge in [0, 0.05) is 23.4 Å². The van der Waals surface area contributed by atoms with Gasteiger partial charge in [-0.1, -0.05) is 17.7 Å². The second kappa shape index (κ2) is 5.95. The first-order valence-corrected chi connectivity index (χ1v) is 8.25. The molecule has 0 bridgehead atoms. The predicted octanol–water partition coefficient (Wildman–Crippen LogP) is 5.18. The summed E-state index contributed by atoms with van der Waals surface area (Å²) >= 11 is 6.22. The van der Waals surface area contributed by atoms with Crippen LogP contribution in [0.1, 0.15) is 30.0 Å². The van der Waals surface area contributed by atoms with Gasteiger partial charge in [-0.05, 0) is 66.8 Å². The lowest BCUT2D eigenvalue weighted by Gasteiger charge is -2.12. The zero-order chi connectivity index (χ0) is 16.7. The number of halogens is 2. The van der Waals surface area contributed by atoms with Crippen molar-refractivity contribution < 1.29 is 4.39 Å². The van der Waals surface area contributed by atoms with E-state index in [0.29, 0.717) is 22.3 Å². The average molecular weight is 340 g/mol. The lowest BCUT2D eigenvalue weighted by molar-refractivity contribution is 0.628. The molecule has 1 aliphatic carbocycles. The van der Waals surface area contributed by atoms with Crippen LogP contribution in [-0.4, -0.2) is 15.2 Å². The van der Waals surface area contributed by atoms with Crippen molar-refractivity contribution >= 4 is 11.6 Å². The Labute approximate surface area is 144 Å².